The number of aryl methyl sites for hydroxylation is 1. The number of carbonyl (C=O) groups excluding carboxylic acids is 3. The number of amides is 2. The third-order valence-corrected chi connectivity index (χ3v) is 7.51. The van der Waals surface area contributed by atoms with Gasteiger partial charge in [0.25, 0.3) is 0 Å². The van der Waals surface area contributed by atoms with E-state index < -0.39 is 5.92 Å². The van der Waals surface area contributed by atoms with E-state index in [9.17, 15) is 14.4 Å². The number of carbonyl (C=O) groups is 3. The summed E-state index contributed by atoms with van der Waals surface area (Å²) in [5.41, 5.74) is 5.74. The number of benzene rings is 1. The normalized spacial score (nSPS) is 20.1. The first kappa shape index (κ1) is 22.7. The number of nitrogens with one attached hydrogen (secondary N) is 1. The SMILES string of the molecule is Cc1ncc2c(c1CNC(=O)CN1CCCCC1)CCN(C(=O)C1CC(=O)c3ccccc31)C2. The highest BCUT2D eigenvalue weighted by Crippen LogP contribution is 2.35. The summed E-state index contributed by atoms with van der Waals surface area (Å²) in [5, 5.41) is 3.09. The molecule has 1 aromatic heterocycles. The molecular weight excluding hydrogens is 428 g/mol. The molecule has 1 fully saturated rings. The molecule has 0 saturated carbocycles. The molecular formula is C27H32N4O3. The quantitative estimate of drug-likeness (QED) is 0.742. The highest BCUT2D eigenvalue weighted by Gasteiger charge is 2.37. The average molecular weight is 461 g/mol. The minimum atomic E-state index is -0.391. The molecule has 1 aliphatic carbocycles. The van der Waals surface area contributed by atoms with Crippen LogP contribution in [0.25, 0.3) is 0 Å². The zero-order valence-corrected chi connectivity index (χ0v) is 19.8. The first-order chi connectivity index (χ1) is 16.5. The molecule has 3 heterocycles. The lowest BCUT2D eigenvalue weighted by atomic mass is 9.93. The lowest BCUT2D eigenvalue weighted by molar-refractivity contribution is -0.133. The van der Waals surface area contributed by atoms with Gasteiger partial charge in [0.1, 0.15) is 0 Å². The van der Waals surface area contributed by atoms with Gasteiger partial charge in [-0.15, -0.1) is 0 Å². The Kier molecular flexibility index (Phi) is 6.46. The van der Waals surface area contributed by atoms with Crippen molar-refractivity contribution in [3.05, 3.63) is 64.0 Å². The van der Waals surface area contributed by atoms with Gasteiger partial charge in [0.15, 0.2) is 5.78 Å². The summed E-state index contributed by atoms with van der Waals surface area (Å²) in [7, 11) is 0. The fraction of sp³-hybridized carbons (Fsp3) is 0.481. The van der Waals surface area contributed by atoms with E-state index >= 15 is 0 Å². The van der Waals surface area contributed by atoms with Gasteiger partial charge in [-0.1, -0.05) is 30.7 Å². The molecule has 3 aliphatic rings. The molecule has 1 unspecified atom stereocenters. The second kappa shape index (κ2) is 9.66. The highest BCUT2D eigenvalue weighted by atomic mass is 16.2. The summed E-state index contributed by atoms with van der Waals surface area (Å²) >= 11 is 0. The molecule has 178 valence electrons. The van der Waals surface area contributed by atoms with Crippen LogP contribution in [0.2, 0.25) is 0 Å². The van der Waals surface area contributed by atoms with Gasteiger partial charge in [-0.3, -0.25) is 24.3 Å². The van der Waals surface area contributed by atoms with Crippen molar-refractivity contribution in [3.63, 3.8) is 0 Å². The average Bonchev–Trinajstić information content (AvgIpc) is 3.20. The Hall–Kier alpha value is -3.06. The molecule has 7 heteroatoms. The van der Waals surface area contributed by atoms with Crippen molar-refractivity contribution in [2.24, 2.45) is 0 Å². The highest BCUT2D eigenvalue weighted by molar-refractivity contribution is 6.06. The van der Waals surface area contributed by atoms with Crippen LogP contribution in [-0.4, -0.2) is 58.6 Å². The molecule has 7 nitrogen and oxygen atoms in total. The molecule has 0 radical (unpaired) electrons. The van der Waals surface area contributed by atoms with Crippen molar-refractivity contribution in [1.29, 1.82) is 0 Å². The van der Waals surface area contributed by atoms with E-state index in [4.69, 9.17) is 0 Å². The van der Waals surface area contributed by atoms with Crippen molar-refractivity contribution in [2.75, 3.05) is 26.2 Å². The maximum Gasteiger partial charge on any atom is 0.234 e. The molecule has 1 saturated heterocycles. The van der Waals surface area contributed by atoms with Crippen LogP contribution in [0.1, 0.15) is 69.9 Å². The van der Waals surface area contributed by atoms with Crippen LogP contribution >= 0.6 is 0 Å². The Balaban J connectivity index is 1.26. The predicted octanol–water partition coefficient (Wildman–Crippen LogP) is 2.75. The molecule has 1 atom stereocenters. The number of rotatable bonds is 5. The van der Waals surface area contributed by atoms with E-state index in [-0.39, 0.29) is 24.0 Å². The van der Waals surface area contributed by atoms with Crippen molar-refractivity contribution >= 4 is 17.6 Å². The lowest BCUT2D eigenvalue weighted by Gasteiger charge is -2.32. The standard InChI is InChI=1S/C27H32N4O3/c1-18-24(15-29-26(33)17-30-10-5-2-6-11-30)20-9-12-31(16-19(20)14-28-18)27(34)23-13-25(32)22-8-4-3-7-21(22)23/h3-4,7-8,14,23H,2,5-6,9-13,15-17H2,1H3,(H,29,33). The molecule has 2 aliphatic heterocycles. The summed E-state index contributed by atoms with van der Waals surface area (Å²) in [6, 6.07) is 7.45. The number of piperidine rings is 1. The summed E-state index contributed by atoms with van der Waals surface area (Å²) in [6.45, 7) is 5.98. The number of ketones is 1. The van der Waals surface area contributed by atoms with Gasteiger partial charge < -0.3 is 10.2 Å². The smallest absolute Gasteiger partial charge is 0.234 e. The Labute approximate surface area is 200 Å². The van der Waals surface area contributed by atoms with E-state index in [1.165, 1.54) is 24.8 Å². The van der Waals surface area contributed by atoms with Gasteiger partial charge in [0.2, 0.25) is 11.8 Å². The van der Waals surface area contributed by atoms with Crippen molar-refractivity contribution in [2.45, 2.75) is 58.0 Å². The minimum absolute atomic E-state index is 0.0147. The predicted molar refractivity (Wildman–Crippen MR) is 128 cm³/mol. The topological polar surface area (TPSA) is 82.6 Å². The number of hydrogen-bond acceptors (Lipinski definition) is 5. The number of aromatic nitrogens is 1. The van der Waals surface area contributed by atoms with Gasteiger partial charge in [-0.05, 0) is 61.5 Å². The maximum absolute atomic E-state index is 13.4. The van der Waals surface area contributed by atoms with Crippen LogP contribution in [0.3, 0.4) is 0 Å². The van der Waals surface area contributed by atoms with Crippen LogP contribution in [0.4, 0.5) is 0 Å². The molecule has 1 N–H and O–H groups in total. The zero-order chi connectivity index (χ0) is 23.7. The van der Waals surface area contributed by atoms with Crippen LogP contribution in [0.5, 0.6) is 0 Å². The van der Waals surface area contributed by atoms with Crippen LogP contribution < -0.4 is 5.32 Å². The maximum atomic E-state index is 13.4. The van der Waals surface area contributed by atoms with E-state index in [0.29, 0.717) is 31.7 Å². The Morgan fingerprint density at radius 1 is 1.12 bits per heavy atom. The van der Waals surface area contributed by atoms with Gasteiger partial charge in [0, 0.05) is 43.5 Å². The molecule has 2 aromatic rings. The summed E-state index contributed by atoms with van der Waals surface area (Å²) in [5.74, 6) is -0.277. The minimum Gasteiger partial charge on any atom is -0.351 e. The summed E-state index contributed by atoms with van der Waals surface area (Å²) in [6.07, 6.45) is 6.42. The molecule has 0 spiro atoms. The Morgan fingerprint density at radius 2 is 1.91 bits per heavy atom. The Morgan fingerprint density at radius 3 is 2.74 bits per heavy atom. The number of Topliss-reactive ketones (excluding diaryl/α,β-unsaturated/α-hetero) is 1. The first-order valence-corrected chi connectivity index (χ1v) is 12.4. The first-order valence-electron chi connectivity index (χ1n) is 12.4. The van der Waals surface area contributed by atoms with Gasteiger partial charge in [-0.2, -0.15) is 0 Å². The number of fused-ring (bicyclic) bond motifs is 2. The second-order valence-electron chi connectivity index (χ2n) is 9.72. The fourth-order valence-corrected chi connectivity index (χ4v) is 5.61. The zero-order valence-electron chi connectivity index (χ0n) is 19.8. The summed E-state index contributed by atoms with van der Waals surface area (Å²) < 4.78 is 0. The third-order valence-electron chi connectivity index (χ3n) is 7.51. The van der Waals surface area contributed by atoms with E-state index in [0.717, 1.165) is 41.9 Å². The van der Waals surface area contributed by atoms with Crippen LogP contribution in [0.15, 0.2) is 30.5 Å². The fourth-order valence-electron chi connectivity index (χ4n) is 5.61. The molecule has 1 aromatic carbocycles. The molecule has 34 heavy (non-hydrogen) atoms. The molecule has 2 amide bonds. The van der Waals surface area contributed by atoms with Crippen molar-refractivity contribution in [3.8, 4) is 0 Å². The monoisotopic (exact) mass is 460 g/mol. The van der Waals surface area contributed by atoms with Crippen molar-refractivity contribution < 1.29 is 14.4 Å². The number of likely N-dealkylation sites (tertiary alicyclic amines) is 1. The lowest BCUT2D eigenvalue weighted by Crippen LogP contribution is -2.41. The second-order valence-corrected chi connectivity index (χ2v) is 9.72. The van der Waals surface area contributed by atoms with Gasteiger partial charge in [-0.25, -0.2) is 0 Å². The third kappa shape index (κ3) is 4.49. The van der Waals surface area contributed by atoms with Crippen LogP contribution in [-0.2, 0) is 29.1 Å². The van der Waals surface area contributed by atoms with Gasteiger partial charge >= 0.3 is 0 Å². The summed E-state index contributed by atoms with van der Waals surface area (Å²) in [4.78, 5) is 46.9. The van der Waals surface area contributed by atoms with Gasteiger partial charge in [0.05, 0.1) is 12.5 Å². The molecule has 0 bridgehead atoms. The molecule has 5 rings (SSSR count). The van der Waals surface area contributed by atoms with E-state index in [1.807, 2.05) is 42.3 Å². The Bertz CT molecular complexity index is 1120. The largest absolute Gasteiger partial charge is 0.351 e. The van der Waals surface area contributed by atoms with Crippen LogP contribution in [0, 0.1) is 6.92 Å². The number of hydrogen-bond donors (Lipinski definition) is 1. The van der Waals surface area contributed by atoms with E-state index in [2.05, 4.69) is 15.2 Å². The van der Waals surface area contributed by atoms with Crippen molar-refractivity contribution in [1.82, 2.24) is 20.1 Å². The number of pyridine rings is 1. The van der Waals surface area contributed by atoms with E-state index in [1.54, 1.807) is 0 Å². The number of nitrogens with zero attached hydrogens (tertiary/aromatic N) is 3.